The maximum Gasteiger partial charge on any atom is 0.410 e. The van der Waals surface area contributed by atoms with E-state index in [1.807, 2.05) is 32.9 Å². The number of morpholine rings is 1. The van der Waals surface area contributed by atoms with E-state index in [4.69, 9.17) is 14.7 Å². The normalized spacial score (nSPS) is 19.0. The maximum absolute atomic E-state index is 12.3. The molecule has 1 aromatic carbocycles. The standard InChI is InChI=1S/C16H20N2O3/c1-16(2,3)21-15(19)18-8-9-20-11-14(18)13-6-4-12(10-17)5-7-13/h4-7,14H,8-9,11H2,1-3H3/t14-/m1/s1. The van der Waals surface area contributed by atoms with Crippen LogP contribution >= 0.6 is 0 Å². The predicted molar refractivity (Wildman–Crippen MR) is 77.7 cm³/mol. The zero-order chi connectivity index (χ0) is 15.5. The lowest BCUT2D eigenvalue weighted by Gasteiger charge is -2.36. The fourth-order valence-corrected chi connectivity index (χ4v) is 2.20. The van der Waals surface area contributed by atoms with Crippen LogP contribution in [0.3, 0.4) is 0 Å². The number of hydrogen-bond acceptors (Lipinski definition) is 4. The number of hydrogen-bond donors (Lipinski definition) is 0. The lowest BCUT2D eigenvalue weighted by molar-refractivity contribution is -0.0331. The first-order chi connectivity index (χ1) is 9.90. The average Bonchev–Trinajstić information content (AvgIpc) is 2.45. The number of carbonyl (C=O) groups excluding carboxylic acids is 1. The molecule has 1 amide bonds. The van der Waals surface area contributed by atoms with Gasteiger partial charge in [-0.3, -0.25) is 4.90 Å². The van der Waals surface area contributed by atoms with E-state index < -0.39 is 5.60 Å². The third-order valence-corrected chi connectivity index (χ3v) is 3.18. The van der Waals surface area contributed by atoms with Crippen molar-refractivity contribution in [2.45, 2.75) is 32.4 Å². The van der Waals surface area contributed by atoms with Crippen LogP contribution in [-0.4, -0.2) is 36.4 Å². The minimum atomic E-state index is -0.523. The van der Waals surface area contributed by atoms with Gasteiger partial charge in [-0.05, 0) is 38.5 Å². The Hall–Kier alpha value is -2.06. The number of ether oxygens (including phenoxy) is 2. The average molecular weight is 288 g/mol. The number of rotatable bonds is 1. The summed E-state index contributed by atoms with van der Waals surface area (Å²) in [5.41, 5.74) is 1.02. The Balaban J connectivity index is 2.18. The molecular formula is C16H20N2O3. The Labute approximate surface area is 125 Å². The molecule has 1 fully saturated rings. The van der Waals surface area contributed by atoms with Crippen LogP contribution in [0.2, 0.25) is 0 Å². The molecular weight excluding hydrogens is 268 g/mol. The van der Waals surface area contributed by atoms with Crippen molar-refractivity contribution in [1.82, 2.24) is 4.90 Å². The molecule has 1 aliphatic heterocycles. The summed E-state index contributed by atoms with van der Waals surface area (Å²) in [6, 6.07) is 9.11. The lowest BCUT2D eigenvalue weighted by Crippen LogP contribution is -2.45. The second kappa shape index (κ2) is 6.15. The van der Waals surface area contributed by atoms with Crippen molar-refractivity contribution in [3.8, 4) is 6.07 Å². The second-order valence-electron chi connectivity index (χ2n) is 6.00. The SMILES string of the molecule is CC(C)(C)OC(=O)N1CCOC[C@@H]1c1ccc(C#N)cc1. The van der Waals surface area contributed by atoms with Crippen LogP contribution < -0.4 is 0 Å². The van der Waals surface area contributed by atoms with Gasteiger partial charge in [-0.25, -0.2) is 4.79 Å². The molecule has 1 aliphatic rings. The van der Waals surface area contributed by atoms with Crippen LogP contribution in [0.15, 0.2) is 24.3 Å². The molecule has 0 spiro atoms. The van der Waals surface area contributed by atoms with E-state index in [1.54, 1.807) is 17.0 Å². The van der Waals surface area contributed by atoms with Gasteiger partial charge < -0.3 is 9.47 Å². The molecule has 112 valence electrons. The highest BCUT2D eigenvalue weighted by Gasteiger charge is 2.31. The van der Waals surface area contributed by atoms with Gasteiger partial charge in [0.2, 0.25) is 0 Å². The molecule has 0 bridgehead atoms. The second-order valence-corrected chi connectivity index (χ2v) is 6.00. The van der Waals surface area contributed by atoms with Gasteiger partial charge in [-0.15, -0.1) is 0 Å². The monoisotopic (exact) mass is 288 g/mol. The van der Waals surface area contributed by atoms with E-state index in [0.717, 1.165) is 5.56 Å². The third kappa shape index (κ3) is 3.96. The van der Waals surface area contributed by atoms with Crippen LogP contribution in [-0.2, 0) is 9.47 Å². The molecule has 0 saturated carbocycles. The lowest BCUT2D eigenvalue weighted by atomic mass is 10.0. The molecule has 5 nitrogen and oxygen atoms in total. The van der Waals surface area contributed by atoms with E-state index in [-0.39, 0.29) is 12.1 Å². The molecule has 1 atom stereocenters. The highest BCUT2D eigenvalue weighted by atomic mass is 16.6. The molecule has 1 heterocycles. The number of carbonyl (C=O) groups is 1. The summed E-state index contributed by atoms with van der Waals surface area (Å²) in [4.78, 5) is 14.0. The van der Waals surface area contributed by atoms with Crippen molar-refractivity contribution in [3.63, 3.8) is 0 Å². The molecule has 0 N–H and O–H groups in total. The number of nitrogens with zero attached hydrogens (tertiary/aromatic N) is 2. The zero-order valence-electron chi connectivity index (χ0n) is 12.6. The van der Waals surface area contributed by atoms with Crippen LogP contribution in [0.1, 0.15) is 37.9 Å². The van der Waals surface area contributed by atoms with E-state index >= 15 is 0 Å². The highest BCUT2D eigenvalue weighted by molar-refractivity contribution is 5.69. The smallest absolute Gasteiger partial charge is 0.410 e. The van der Waals surface area contributed by atoms with Crippen LogP contribution in [0.25, 0.3) is 0 Å². The van der Waals surface area contributed by atoms with Crippen molar-refractivity contribution in [2.75, 3.05) is 19.8 Å². The maximum atomic E-state index is 12.3. The Morgan fingerprint density at radius 3 is 2.62 bits per heavy atom. The summed E-state index contributed by atoms with van der Waals surface area (Å²) < 4.78 is 10.9. The summed E-state index contributed by atoms with van der Waals surface area (Å²) in [6.07, 6.45) is -0.333. The van der Waals surface area contributed by atoms with Crippen molar-refractivity contribution < 1.29 is 14.3 Å². The number of benzene rings is 1. The van der Waals surface area contributed by atoms with Gasteiger partial charge in [0.25, 0.3) is 0 Å². The van der Waals surface area contributed by atoms with Gasteiger partial charge in [-0.1, -0.05) is 12.1 Å². The van der Waals surface area contributed by atoms with E-state index in [9.17, 15) is 4.79 Å². The van der Waals surface area contributed by atoms with Gasteiger partial charge in [0.1, 0.15) is 5.60 Å². The Bertz CT molecular complexity index is 540. The highest BCUT2D eigenvalue weighted by Crippen LogP contribution is 2.26. The van der Waals surface area contributed by atoms with Crippen LogP contribution in [0, 0.1) is 11.3 Å². The molecule has 0 aromatic heterocycles. The van der Waals surface area contributed by atoms with Crippen molar-refractivity contribution in [3.05, 3.63) is 35.4 Å². The first-order valence-electron chi connectivity index (χ1n) is 6.98. The Morgan fingerprint density at radius 1 is 1.38 bits per heavy atom. The summed E-state index contributed by atoms with van der Waals surface area (Å²) in [5.74, 6) is 0. The van der Waals surface area contributed by atoms with Gasteiger partial charge in [-0.2, -0.15) is 5.26 Å². The van der Waals surface area contributed by atoms with Crippen molar-refractivity contribution >= 4 is 6.09 Å². The van der Waals surface area contributed by atoms with Gasteiger partial charge >= 0.3 is 6.09 Å². The van der Waals surface area contributed by atoms with Crippen LogP contribution in [0.4, 0.5) is 4.79 Å². The molecule has 0 radical (unpaired) electrons. The van der Waals surface area contributed by atoms with E-state index in [1.165, 1.54) is 0 Å². The molecule has 0 unspecified atom stereocenters. The van der Waals surface area contributed by atoms with Gasteiger partial charge in [0.05, 0.1) is 30.9 Å². The van der Waals surface area contributed by atoms with Crippen LogP contribution in [0.5, 0.6) is 0 Å². The third-order valence-electron chi connectivity index (χ3n) is 3.18. The predicted octanol–water partition coefficient (Wildman–Crippen LogP) is 2.87. The summed E-state index contributed by atoms with van der Waals surface area (Å²) in [7, 11) is 0. The fourth-order valence-electron chi connectivity index (χ4n) is 2.20. The van der Waals surface area contributed by atoms with E-state index in [2.05, 4.69) is 6.07 Å². The summed E-state index contributed by atoms with van der Waals surface area (Å²) in [5, 5.41) is 8.85. The first kappa shape index (κ1) is 15.3. The molecule has 5 heteroatoms. The largest absolute Gasteiger partial charge is 0.444 e. The Morgan fingerprint density at radius 2 is 2.05 bits per heavy atom. The minimum absolute atomic E-state index is 0.179. The van der Waals surface area contributed by atoms with Crippen molar-refractivity contribution in [1.29, 1.82) is 5.26 Å². The fraction of sp³-hybridized carbons (Fsp3) is 0.500. The van der Waals surface area contributed by atoms with Crippen molar-refractivity contribution in [2.24, 2.45) is 0 Å². The van der Waals surface area contributed by atoms with Gasteiger partial charge in [0.15, 0.2) is 0 Å². The molecule has 0 aliphatic carbocycles. The number of nitriles is 1. The summed E-state index contributed by atoms with van der Waals surface area (Å²) >= 11 is 0. The minimum Gasteiger partial charge on any atom is -0.444 e. The Kier molecular flexibility index (Phi) is 4.49. The molecule has 2 rings (SSSR count). The quantitative estimate of drug-likeness (QED) is 0.797. The van der Waals surface area contributed by atoms with E-state index in [0.29, 0.717) is 25.3 Å². The molecule has 1 aromatic rings. The number of amides is 1. The topological polar surface area (TPSA) is 62.6 Å². The molecule has 1 saturated heterocycles. The zero-order valence-corrected chi connectivity index (χ0v) is 12.6. The molecule has 21 heavy (non-hydrogen) atoms. The summed E-state index contributed by atoms with van der Waals surface area (Å²) in [6.45, 7) is 6.99. The van der Waals surface area contributed by atoms with Gasteiger partial charge in [0, 0.05) is 6.54 Å². The first-order valence-corrected chi connectivity index (χ1v) is 6.98.